The van der Waals surface area contributed by atoms with Gasteiger partial charge >= 0.3 is 0 Å². The molecular formula is C18H25FIN3O2. The van der Waals surface area contributed by atoms with Gasteiger partial charge in [-0.3, -0.25) is 0 Å². The normalized spacial score (nSPS) is 13.7. The van der Waals surface area contributed by atoms with E-state index in [0.717, 1.165) is 5.56 Å². The van der Waals surface area contributed by atoms with Gasteiger partial charge in [0.25, 0.3) is 0 Å². The number of hydrogen-bond donors (Lipinski definition) is 2. The molecule has 0 aliphatic rings. The minimum Gasteiger partial charge on any atom is -0.466 e. The van der Waals surface area contributed by atoms with E-state index in [-0.39, 0.29) is 36.3 Å². The number of aliphatic hydroxyl groups is 1. The first-order chi connectivity index (χ1) is 11.4. The SMILES string of the molecule is CCNC(=NCC(C)(O)c1ccco1)N(C)Cc1ccc(F)cc1.I. The summed E-state index contributed by atoms with van der Waals surface area (Å²) in [5, 5.41) is 13.7. The Morgan fingerprint density at radius 3 is 2.56 bits per heavy atom. The third-order valence-corrected chi connectivity index (χ3v) is 3.62. The van der Waals surface area contributed by atoms with Crippen molar-refractivity contribution in [2.24, 2.45) is 4.99 Å². The van der Waals surface area contributed by atoms with E-state index in [1.54, 1.807) is 31.2 Å². The van der Waals surface area contributed by atoms with Crippen LogP contribution in [0.2, 0.25) is 0 Å². The summed E-state index contributed by atoms with van der Waals surface area (Å²) in [6.45, 7) is 5.09. The average molecular weight is 461 g/mol. The number of rotatable bonds is 6. The van der Waals surface area contributed by atoms with Crippen LogP contribution in [0.3, 0.4) is 0 Å². The highest BCUT2D eigenvalue weighted by molar-refractivity contribution is 14.0. The minimum absolute atomic E-state index is 0. The Bertz CT molecular complexity index is 657. The van der Waals surface area contributed by atoms with Gasteiger partial charge in [0.05, 0.1) is 12.8 Å². The van der Waals surface area contributed by atoms with E-state index in [4.69, 9.17) is 4.42 Å². The van der Waals surface area contributed by atoms with E-state index in [1.165, 1.54) is 18.4 Å². The summed E-state index contributed by atoms with van der Waals surface area (Å²) >= 11 is 0. The molecule has 0 aliphatic carbocycles. The quantitative estimate of drug-likeness (QED) is 0.394. The van der Waals surface area contributed by atoms with E-state index in [1.807, 2.05) is 18.9 Å². The highest BCUT2D eigenvalue weighted by Crippen LogP contribution is 2.21. The molecule has 7 heteroatoms. The molecule has 2 rings (SSSR count). The second kappa shape index (κ2) is 9.76. The van der Waals surface area contributed by atoms with Crippen molar-refractivity contribution in [1.29, 1.82) is 0 Å². The Labute approximate surface area is 165 Å². The van der Waals surface area contributed by atoms with Crippen molar-refractivity contribution >= 4 is 29.9 Å². The van der Waals surface area contributed by atoms with Crippen molar-refractivity contribution in [3.8, 4) is 0 Å². The number of aliphatic imine (C=N–C) groups is 1. The van der Waals surface area contributed by atoms with E-state index < -0.39 is 5.60 Å². The molecule has 138 valence electrons. The maximum absolute atomic E-state index is 13.0. The van der Waals surface area contributed by atoms with Crippen molar-refractivity contribution in [3.05, 3.63) is 59.8 Å². The number of furan rings is 1. The first kappa shape index (κ1) is 21.4. The van der Waals surface area contributed by atoms with Crippen molar-refractivity contribution in [3.63, 3.8) is 0 Å². The molecule has 1 aromatic heterocycles. The lowest BCUT2D eigenvalue weighted by Gasteiger charge is -2.24. The Hall–Kier alpha value is -1.61. The Morgan fingerprint density at radius 1 is 1.32 bits per heavy atom. The summed E-state index contributed by atoms with van der Waals surface area (Å²) in [5.74, 6) is 0.883. The largest absolute Gasteiger partial charge is 0.466 e. The second-order valence-corrected chi connectivity index (χ2v) is 5.90. The summed E-state index contributed by atoms with van der Waals surface area (Å²) < 4.78 is 18.3. The van der Waals surface area contributed by atoms with Crippen LogP contribution in [0, 0.1) is 5.82 Å². The van der Waals surface area contributed by atoms with Crippen LogP contribution in [0.1, 0.15) is 25.2 Å². The van der Waals surface area contributed by atoms with Crippen LogP contribution in [0.4, 0.5) is 4.39 Å². The third kappa shape index (κ3) is 6.32. The number of nitrogens with zero attached hydrogens (tertiary/aromatic N) is 2. The first-order valence-corrected chi connectivity index (χ1v) is 7.92. The van der Waals surface area contributed by atoms with Gasteiger partial charge < -0.3 is 19.7 Å². The lowest BCUT2D eigenvalue weighted by Crippen LogP contribution is -2.39. The molecule has 0 radical (unpaired) electrons. The topological polar surface area (TPSA) is 61.0 Å². The Morgan fingerprint density at radius 2 is 2.00 bits per heavy atom. The molecule has 1 heterocycles. The number of benzene rings is 1. The van der Waals surface area contributed by atoms with Gasteiger partial charge in [0, 0.05) is 20.1 Å². The summed E-state index contributed by atoms with van der Waals surface area (Å²) in [5.41, 5.74) is -0.205. The van der Waals surface area contributed by atoms with Gasteiger partial charge in [-0.2, -0.15) is 0 Å². The Kier molecular flexibility index (Phi) is 8.37. The van der Waals surface area contributed by atoms with Crippen molar-refractivity contribution in [2.45, 2.75) is 26.0 Å². The van der Waals surface area contributed by atoms with Crippen molar-refractivity contribution < 1.29 is 13.9 Å². The van der Waals surface area contributed by atoms with Gasteiger partial charge in [-0.25, -0.2) is 9.38 Å². The maximum Gasteiger partial charge on any atom is 0.194 e. The fourth-order valence-corrected chi connectivity index (χ4v) is 2.30. The molecule has 0 fully saturated rings. The molecule has 0 bridgehead atoms. The van der Waals surface area contributed by atoms with E-state index in [2.05, 4.69) is 10.3 Å². The minimum atomic E-state index is -1.18. The average Bonchev–Trinajstić information content (AvgIpc) is 3.09. The predicted molar refractivity (Wildman–Crippen MR) is 108 cm³/mol. The van der Waals surface area contributed by atoms with Crippen LogP contribution < -0.4 is 5.32 Å². The van der Waals surface area contributed by atoms with Gasteiger partial charge in [-0.05, 0) is 43.7 Å². The van der Waals surface area contributed by atoms with Crippen LogP contribution in [0.15, 0.2) is 52.1 Å². The third-order valence-electron chi connectivity index (χ3n) is 3.62. The number of halogens is 2. The number of guanidine groups is 1. The zero-order valence-corrected chi connectivity index (χ0v) is 17.0. The van der Waals surface area contributed by atoms with Crippen molar-refractivity contribution in [2.75, 3.05) is 20.1 Å². The van der Waals surface area contributed by atoms with Gasteiger partial charge in [-0.1, -0.05) is 12.1 Å². The lowest BCUT2D eigenvalue weighted by molar-refractivity contribution is 0.0435. The molecule has 0 amide bonds. The molecule has 2 N–H and O–H groups in total. The first-order valence-electron chi connectivity index (χ1n) is 7.92. The molecule has 0 saturated carbocycles. The smallest absolute Gasteiger partial charge is 0.194 e. The zero-order valence-electron chi connectivity index (χ0n) is 14.7. The second-order valence-electron chi connectivity index (χ2n) is 5.90. The summed E-state index contributed by atoms with van der Waals surface area (Å²) in [6.07, 6.45) is 1.53. The fourth-order valence-electron chi connectivity index (χ4n) is 2.30. The summed E-state index contributed by atoms with van der Waals surface area (Å²) in [7, 11) is 1.90. The maximum atomic E-state index is 13.0. The van der Waals surface area contributed by atoms with E-state index >= 15 is 0 Å². The summed E-state index contributed by atoms with van der Waals surface area (Å²) in [4.78, 5) is 6.43. The molecule has 0 spiro atoms. The van der Waals surface area contributed by atoms with Crippen LogP contribution in [-0.2, 0) is 12.1 Å². The molecule has 1 unspecified atom stereocenters. The molecule has 5 nitrogen and oxygen atoms in total. The predicted octanol–water partition coefficient (Wildman–Crippen LogP) is 3.34. The number of nitrogens with one attached hydrogen (secondary N) is 1. The van der Waals surface area contributed by atoms with Gasteiger partial charge in [0.15, 0.2) is 5.96 Å². The van der Waals surface area contributed by atoms with Crippen LogP contribution in [-0.4, -0.2) is 36.1 Å². The lowest BCUT2D eigenvalue weighted by atomic mass is 10.0. The Balaban J connectivity index is 0.00000312. The van der Waals surface area contributed by atoms with Crippen molar-refractivity contribution in [1.82, 2.24) is 10.2 Å². The molecule has 25 heavy (non-hydrogen) atoms. The molecule has 2 aromatic rings. The highest BCUT2D eigenvalue weighted by Gasteiger charge is 2.26. The van der Waals surface area contributed by atoms with Crippen LogP contribution >= 0.6 is 24.0 Å². The number of hydrogen-bond acceptors (Lipinski definition) is 3. The van der Waals surface area contributed by atoms with E-state index in [0.29, 0.717) is 24.8 Å². The monoisotopic (exact) mass is 461 g/mol. The van der Waals surface area contributed by atoms with Gasteiger partial charge in [-0.15, -0.1) is 24.0 Å². The van der Waals surface area contributed by atoms with Gasteiger partial charge in [0.1, 0.15) is 17.2 Å². The van der Waals surface area contributed by atoms with E-state index in [9.17, 15) is 9.50 Å². The van der Waals surface area contributed by atoms with Crippen LogP contribution in [0.25, 0.3) is 0 Å². The molecule has 1 aromatic carbocycles. The fraction of sp³-hybridized carbons (Fsp3) is 0.389. The molecule has 0 aliphatic heterocycles. The summed E-state index contributed by atoms with van der Waals surface area (Å²) in [6, 6.07) is 9.83. The van der Waals surface area contributed by atoms with Gasteiger partial charge in [0.2, 0.25) is 0 Å². The van der Waals surface area contributed by atoms with Crippen LogP contribution in [0.5, 0.6) is 0 Å². The molecule has 1 atom stereocenters. The standard InChI is InChI=1S/C18H24FN3O2.HI/c1-4-20-17(21-13-18(2,23)16-6-5-11-24-16)22(3)12-14-7-9-15(19)10-8-14;/h5-11,23H,4,12-13H2,1-3H3,(H,20,21);1H. The molecule has 0 saturated heterocycles. The molecular weight excluding hydrogens is 436 g/mol. The highest BCUT2D eigenvalue weighted by atomic mass is 127. The zero-order chi connectivity index (χ0) is 17.6.